The van der Waals surface area contributed by atoms with Crippen molar-refractivity contribution >= 4 is 23.7 Å². The molecule has 2 rings (SSSR count). The molecule has 8 heteroatoms. The number of nitrogens with zero attached hydrogens (tertiary/aromatic N) is 3. The van der Waals surface area contributed by atoms with Gasteiger partial charge in [0.15, 0.2) is 5.16 Å². The van der Waals surface area contributed by atoms with Crippen molar-refractivity contribution in [2.24, 2.45) is 0 Å². The molecule has 2 N–H and O–H groups in total. The van der Waals surface area contributed by atoms with Gasteiger partial charge in [0.2, 0.25) is 5.91 Å². The van der Waals surface area contributed by atoms with E-state index in [1.54, 1.807) is 23.9 Å². The average molecular weight is 323 g/mol. The summed E-state index contributed by atoms with van der Waals surface area (Å²) in [7, 11) is 0. The van der Waals surface area contributed by atoms with Gasteiger partial charge in [-0.3, -0.25) is 10.1 Å². The molecule has 0 bridgehead atoms. The van der Waals surface area contributed by atoms with Gasteiger partial charge >= 0.3 is 6.03 Å². The fourth-order valence-corrected chi connectivity index (χ4v) is 3.15. The minimum atomic E-state index is -0.443. The molecule has 1 aliphatic rings. The molecule has 120 valence electrons. The summed E-state index contributed by atoms with van der Waals surface area (Å²) in [4.78, 5) is 23.8. The highest BCUT2D eigenvalue weighted by molar-refractivity contribution is 8.00. The van der Waals surface area contributed by atoms with Crippen molar-refractivity contribution in [3.63, 3.8) is 0 Å². The lowest BCUT2D eigenvalue weighted by molar-refractivity contribution is -0.119. The molecule has 1 aromatic heterocycles. The maximum atomic E-state index is 12.1. The Morgan fingerprint density at radius 3 is 2.95 bits per heavy atom. The zero-order valence-electron chi connectivity index (χ0n) is 12.6. The second-order valence-corrected chi connectivity index (χ2v) is 6.57. The number of hydrogen-bond donors (Lipinski definition) is 2. The third-order valence-corrected chi connectivity index (χ3v) is 4.58. The van der Waals surface area contributed by atoms with Gasteiger partial charge in [0.1, 0.15) is 6.33 Å². The van der Waals surface area contributed by atoms with Crippen molar-refractivity contribution in [2.45, 2.75) is 55.6 Å². The molecule has 1 aliphatic carbocycles. The summed E-state index contributed by atoms with van der Waals surface area (Å²) in [6.45, 7) is 5.97. The third kappa shape index (κ3) is 4.59. The number of thioether (sulfide) groups is 1. The van der Waals surface area contributed by atoms with E-state index in [1.165, 1.54) is 11.8 Å². The van der Waals surface area contributed by atoms with Crippen LogP contribution in [0.3, 0.4) is 0 Å². The van der Waals surface area contributed by atoms with Crippen molar-refractivity contribution < 1.29 is 9.59 Å². The molecule has 1 heterocycles. The summed E-state index contributed by atoms with van der Waals surface area (Å²) in [5.41, 5.74) is 0. The van der Waals surface area contributed by atoms with Crippen LogP contribution in [-0.2, 0) is 11.3 Å². The number of rotatable bonds is 6. The van der Waals surface area contributed by atoms with Crippen molar-refractivity contribution in [1.29, 1.82) is 0 Å². The lowest BCUT2D eigenvalue weighted by Gasteiger charge is -2.14. The van der Waals surface area contributed by atoms with Gasteiger partial charge in [0.05, 0.1) is 5.25 Å². The van der Waals surface area contributed by atoms with Crippen LogP contribution in [0.4, 0.5) is 4.79 Å². The Morgan fingerprint density at radius 2 is 2.27 bits per heavy atom. The van der Waals surface area contributed by atoms with Crippen LogP contribution in [0.5, 0.6) is 0 Å². The van der Waals surface area contributed by atoms with Gasteiger partial charge in [0.25, 0.3) is 0 Å². The quantitative estimate of drug-likeness (QED) is 0.614. The van der Waals surface area contributed by atoms with Gasteiger partial charge in [-0.15, -0.1) is 16.8 Å². The van der Waals surface area contributed by atoms with Crippen LogP contribution in [0.1, 0.15) is 32.6 Å². The summed E-state index contributed by atoms with van der Waals surface area (Å²) in [5.74, 6) is -0.339. The van der Waals surface area contributed by atoms with Crippen molar-refractivity contribution in [1.82, 2.24) is 25.4 Å². The SMILES string of the molecule is C=CCn1cnnc1S[C@H](C)C(=O)NC(=O)NC1CCCC1. The Hall–Kier alpha value is -1.83. The van der Waals surface area contributed by atoms with E-state index >= 15 is 0 Å². The number of urea groups is 1. The van der Waals surface area contributed by atoms with Crippen LogP contribution in [0, 0.1) is 0 Å². The number of imide groups is 1. The molecule has 7 nitrogen and oxygen atoms in total. The Balaban J connectivity index is 1.82. The molecule has 0 radical (unpaired) electrons. The first kappa shape index (κ1) is 16.5. The fourth-order valence-electron chi connectivity index (χ4n) is 2.32. The lowest BCUT2D eigenvalue weighted by atomic mass is 10.2. The van der Waals surface area contributed by atoms with Gasteiger partial charge < -0.3 is 9.88 Å². The first-order valence-electron chi connectivity index (χ1n) is 7.37. The first-order valence-corrected chi connectivity index (χ1v) is 8.25. The molecule has 0 saturated heterocycles. The molecule has 1 saturated carbocycles. The Kier molecular flexibility index (Phi) is 6.00. The van der Waals surface area contributed by atoms with Crippen molar-refractivity contribution in [3.8, 4) is 0 Å². The number of carbonyl (C=O) groups excluding carboxylic acids is 2. The van der Waals surface area contributed by atoms with E-state index < -0.39 is 11.3 Å². The number of hydrogen-bond acceptors (Lipinski definition) is 5. The molecule has 0 aromatic carbocycles. The summed E-state index contributed by atoms with van der Waals surface area (Å²) in [6.07, 6.45) is 7.54. The van der Waals surface area contributed by atoms with E-state index in [1.807, 2.05) is 0 Å². The maximum Gasteiger partial charge on any atom is 0.321 e. The molecule has 1 fully saturated rings. The van der Waals surface area contributed by atoms with Crippen LogP contribution >= 0.6 is 11.8 Å². The predicted octanol–water partition coefficient (Wildman–Crippen LogP) is 1.71. The highest BCUT2D eigenvalue weighted by Crippen LogP contribution is 2.21. The number of nitrogens with one attached hydrogen (secondary N) is 2. The summed E-state index contributed by atoms with van der Waals surface area (Å²) in [6, 6.07) is -0.233. The van der Waals surface area contributed by atoms with Crippen molar-refractivity contribution in [3.05, 3.63) is 19.0 Å². The van der Waals surface area contributed by atoms with Gasteiger partial charge in [-0.2, -0.15) is 0 Å². The van der Waals surface area contributed by atoms with Crippen LogP contribution in [-0.4, -0.2) is 38.0 Å². The van der Waals surface area contributed by atoms with Gasteiger partial charge in [-0.05, 0) is 19.8 Å². The molecule has 0 spiro atoms. The molecule has 0 unspecified atom stereocenters. The van der Waals surface area contributed by atoms with E-state index in [-0.39, 0.29) is 11.9 Å². The number of carbonyl (C=O) groups is 2. The van der Waals surface area contributed by atoms with Crippen LogP contribution < -0.4 is 10.6 Å². The average Bonchev–Trinajstić information content (AvgIpc) is 3.11. The molecule has 22 heavy (non-hydrogen) atoms. The molecule has 0 aliphatic heterocycles. The predicted molar refractivity (Wildman–Crippen MR) is 84.5 cm³/mol. The fraction of sp³-hybridized carbons (Fsp3) is 0.571. The number of allylic oxidation sites excluding steroid dienone is 1. The first-order chi connectivity index (χ1) is 10.6. The van der Waals surface area contributed by atoms with Crippen molar-refractivity contribution in [2.75, 3.05) is 0 Å². The van der Waals surface area contributed by atoms with E-state index in [4.69, 9.17) is 0 Å². The maximum absolute atomic E-state index is 12.1. The lowest BCUT2D eigenvalue weighted by Crippen LogP contribution is -2.45. The van der Waals surface area contributed by atoms with E-state index in [0.717, 1.165) is 25.7 Å². The van der Waals surface area contributed by atoms with Crippen LogP contribution in [0.2, 0.25) is 0 Å². The van der Waals surface area contributed by atoms with Crippen LogP contribution in [0.15, 0.2) is 24.1 Å². The monoisotopic (exact) mass is 323 g/mol. The normalized spacial score (nSPS) is 16.2. The molecular weight excluding hydrogens is 302 g/mol. The number of aromatic nitrogens is 3. The Morgan fingerprint density at radius 1 is 1.55 bits per heavy atom. The molecule has 3 amide bonds. The zero-order valence-corrected chi connectivity index (χ0v) is 13.4. The Labute approximate surface area is 133 Å². The topological polar surface area (TPSA) is 88.9 Å². The largest absolute Gasteiger partial charge is 0.335 e. The summed E-state index contributed by atoms with van der Waals surface area (Å²) in [5, 5.41) is 13.2. The molecular formula is C14H21N5O2S. The Bertz CT molecular complexity index is 539. The second kappa shape index (κ2) is 7.98. The molecule has 1 aromatic rings. The molecule has 1 atom stereocenters. The van der Waals surface area contributed by atoms with Gasteiger partial charge in [-0.1, -0.05) is 30.7 Å². The minimum Gasteiger partial charge on any atom is -0.335 e. The van der Waals surface area contributed by atoms with Gasteiger partial charge in [0, 0.05) is 12.6 Å². The van der Waals surface area contributed by atoms with E-state index in [9.17, 15) is 9.59 Å². The highest BCUT2D eigenvalue weighted by Gasteiger charge is 2.22. The number of amides is 3. The van der Waals surface area contributed by atoms with Crippen LogP contribution in [0.25, 0.3) is 0 Å². The standard InChI is InChI=1S/C14H21N5O2S/c1-3-8-19-9-15-18-14(19)22-10(2)12(20)17-13(21)16-11-6-4-5-7-11/h3,9-11H,1,4-8H2,2H3,(H2,16,17,20,21)/t10-/m1/s1. The van der Waals surface area contributed by atoms with E-state index in [0.29, 0.717) is 11.7 Å². The van der Waals surface area contributed by atoms with E-state index in [2.05, 4.69) is 27.4 Å². The smallest absolute Gasteiger partial charge is 0.321 e. The zero-order chi connectivity index (χ0) is 15.9. The second-order valence-electron chi connectivity index (χ2n) is 5.26. The minimum absolute atomic E-state index is 0.187. The highest BCUT2D eigenvalue weighted by atomic mass is 32.2. The summed E-state index contributed by atoms with van der Waals surface area (Å²) < 4.78 is 1.79. The van der Waals surface area contributed by atoms with Gasteiger partial charge in [-0.25, -0.2) is 4.79 Å². The third-order valence-electron chi connectivity index (χ3n) is 3.48. The summed E-state index contributed by atoms with van der Waals surface area (Å²) >= 11 is 1.26.